The number of nitrogens with zero attached hydrogens (tertiary/aromatic N) is 1. The molecule has 2 rings (SSSR count). The minimum atomic E-state index is -0.621. The first-order chi connectivity index (χ1) is 13.5. The molecule has 0 saturated heterocycles. The molecular formula is C22H28BrN3O2. The summed E-state index contributed by atoms with van der Waals surface area (Å²) in [5.41, 5.74) is 1.69. The Kier molecular flexibility index (Phi) is 8.67. The van der Waals surface area contributed by atoms with Gasteiger partial charge in [0.15, 0.2) is 0 Å². The number of rotatable bonds is 9. The smallest absolute Gasteiger partial charge is 0.251 e. The van der Waals surface area contributed by atoms with Crippen LogP contribution in [0.15, 0.2) is 59.1 Å². The summed E-state index contributed by atoms with van der Waals surface area (Å²) in [4.78, 5) is 27.2. The Labute approximate surface area is 175 Å². The summed E-state index contributed by atoms with van der Waals surface area (Å²) < 4.78 is 0.901. The van der Waals surface area contributed by atoms with Crippen LogP contribution in [0.2, 0.25) is 0 Å². The molecule has 2 amide bonds. The molecule has 2 aromatic carbocycles. The van der Waals surface area contributed by atoms with Gasteiger partial charge in [-0.15, -0.1) is 0 Å². The number of halogens is 1. The fourth-order valence-corrected chi connectivity index (χ4v) is 3.36. The zero-order valence-corrected chi connectivity index (χ0v) is 18.2. The van der Waals surface area contributed by atoms with Crippen molar-refractivity contribution in [3.05, 3.63) is 70.2 Å². The van der Waals surface area contributed by atoms with Gasteiger partial charge in [0.05, 0.1) is 6.04 Å². The summed E-state index contributed by atoms with van der Waals surface area (Å²) in [6, 6.07) is 16.7. The van der Waals surface area contributed by atoms with Crippen molar-refractivity contribution in [3.8, 4) is 0 Å². The van der Waals surface area contributed by atoms with Crippen LogP contribution in [0.1, 0.15) is 42.7 Å². The Morgan fingerprint density at radius 2 is 1.61 bits per heavy atom. The highest BCUT2D eigenvalue weighted by molar-refractivity contribution is 9.10. The lowest BCUT2D eigenvalue weighted by atomic mass is 10.0. The molecule has 0 heterocycles. The van der Waals surface area contributed by atoms with Gasteiger partial charge in [0, 0.05) is 16.6 Å². The molecule has 0 radical (unpaired) electrons. The average molecular weight is 446 g/mol. The van der Waals surface area contributed by atoms with Crippen molar-refractivity contribution in [2.45, 2.75) is 32.9 Å². The second-order valence-electron chi connectivity index (χ2n) is 6.59. The van der Waals surface area contributed by atoms with Crippen molar-refractivity contribution >= 4 is 27.7 Å². The molecule has 6 heteroatoms. The van der Waals surface area contributed by atoms with E-state index in [1.807, 2.05) is 18.2 Å². The summed E-state index contributed by atoms with van der Waals surface area (Å²) in [5, 5.41) is 5.75. The molecule has 2 aromatic rings. The topological polar surface area (TPSA) is 61.4 Å². The largest absolute Gasteiger partial charge is 0.352 e. The minimum absolute atomic E-state index is 0.0922. The number of amides is 2. The monoisotopic (exact) mass is 445 g/mol. The number of hydrogen-bond acceptors (Lipinski definition) is 3. The third-order valence-electron chi connectivity index (χ3n) is 4.75. The van der Waals surface area contributed by atoms with Crippen LogP contribution in [0.3, 0.4) is 0 Å². The fourth-order valence-electron chi connectivity index (χ4n) is 3.09. The highest BCUT2D eigenvalue weighted by atomic mass is 79.9. The van der Waals surface area contributed by atoms with Crippen LogP contribution in [0.25, 0.3) is 0 Å². The van der Waals surface area contributed by atoms with Gasteiger partial charge in [-0.3, -0.25) is 14.5 Å². The summed E-state index contributed by atoms with van der Waals surface area (Å²) in [6.07, 6.45) is 0. The maximum Gasteiger partial charge on any atom is 0.251 e. The van der Waals surface area contributed by atoms with E-state index in [0.717, 1.165) is 23.1 Å². The second kappa shape index (κ2) is 11.0. The van der Waals surface area contributed by atoms with E-state index in [2.05, 4.69) is 57.4 Å². The average Bonchev–Trinajstić information content (AvgIpc) is 2.71. The Balaban J connectivity index is 1.97. The fraction of sp³-hybridized carbons (Fsp3) is 0.364. The predicted molar refractivity (Wildman–Crippen MR) is 116 cm³/mol. The lowest BCUT2D eigenvalue weighted by Crippen LogP contribution is -2.47. The van der Waals surface area contributed by atoms with Gasteiger partial charge in [-0.1, -0.05) is 60.1 Å². The van der Waals surface area contributed by atoms with Crippen LogP contribution in [0.4, 0.5) is 0 Å². The Bertz CT molecular complexity index is 761. The number of nitrogens with one attached hydrogen (secondary N) is 2. The molecule has 0 aliphatic carbocycles. The van der Waals surface area contributed by atoms with Gasteiger partial charge >= 0.3 is 0 Å². The van der Waals surface area contributed by atoms with E-state index >= 15 is 0 Å². The molecule has 5 nitrogen and oxygen atoms in total. The van der Waals surface area contributed by atoms with Gasteiger partial charge in [-0.25, -0.2) is 0 Å². The SMILES string of the molecule is CCN(CC)[C@H](CNC(=O)[C@H](C)NC(=O)c1ccc(Br)cc1)c1ccccc1. The van der Waals surface area contributed by atoms with E-state index in [-0.39, 0.29) is 17.9 Å². The van der Waals surface area contributed by atoms with Crippen LogP contribution in [-0.4, -0.2) is 42.4 Å². The summed E-state index contributed by atoms with van der Waals surface area (Å²) in [7, 11) is 0. The van der Waals surface area contributed by atoms with Gasteiger partial charge in [-0.05, 0) is 49.8 Å². The minimum Gasteiger partial charge on any atom is -0.352 e. The van der Waals surface area contributed by atoms with Gasteiger partial charge in [0.1, 0.15) is 6.04 Å². The predicted octanol–water partition coefficient (Wildman–Crippen LogP) is 3.77. The van der Waals surface area contributed by atoms with Gasteiger partial charge in [-0.2, -0.15) is 0 Å². The van der Waals surface area contributed by atoms with E-state index < -0.39 is 6.04 Å². The summed E-state index contributed by atoms with van der Waals surface area (Å²) >= 11 is 3.35. The third-order valence-corrected chi connectivity index (χ3v) is 5.28. The number of carbonyl (C=O) groups excluding carboxylic acids is 2. The molecule has 0 bridgehead atoms. The zero-order valence-electron chi connectivity index (χ0n) is 16.6. The van der Waals surface area contributed by atoms with Crippen molar-refractivity contribution in [3.63, 3.8) is 0 Å². The zero-order chi connectivity index (χ0) is 20.5. The van der Waals surface area contributed by atoms with Gasteiger partial charge < -0.3 is 10.6 Å². The summed E-state index contributed by atoms with van der Waals surface area (Å²) in [6.45, 7) is 8.19. The van der Waals surface area contributed by atoms with E-state index in [9.17, 15) is 9.59 Å². The molecule has 2 N–H and O–H groups in total. The molecule has 0 saturated carbocycles. The standard InChI is InChI=1S/C22H28BrN3O2/c1-4-26(5-2)20(17-9-7-6-8-10-17)15-24-21(27)16(3)25-22(28)18-11-13-19(23)14-12-18/h6-14,16,20H,4-5,15H2,1-3H3,(H,24,27)(H,25,28)/t16-,20+/m0/s1. The quantitative estimate of drug-likeness (QED) is 0.617. The maximum atomic E-state index is 12.5. The van der Waals surface area contributed by atoms with E-state index in [0.29, 0.717) is 12.1 Å². The van der Waals surface area contributed by atoms with Crippen LogP contribution in [0, 0.1) is 0 Å². The number of carbonyl (C=O) groups is 2. The highest BCUT2D eigenvalue weighted by Gasteiger charge is 2.21. The molecule has 0 unspecified atom stereocenters. The van der Waals surface area contributed by atoms with Crippen LogP contribution in [0.5, 0.6) is 0 Å². The van der Waals surface area contributed by atoms with Crippen molar-refractivity contribution in [2.24, 2.45) is 0 Å². The van der Waals surface area contributed by atoms with Crippen molar-refractivity contribution in [1.29, 1.82) is 0 Å². The molecule has 0 fully saturated rings. The molecule has 2 atom stereocenters. The van der Waals surface area contributed by atoms with Crippen LogP contribution < -0.4 is 10.6 Å². The Hall–Kier alpha value is -2.18. The van der Waals surface area contributed by atoms with Crippen molar-refractivity contribution < 1.29 is 9.59 Å². The maximum absolute atomic E-state index is 12.5. The van der Waals surface area contributed by atoms with E-state index in [1.54, 1.807) is 31.2 Å². The third kappa shape index (κ3) is 6.17. The van der Waals surface area contributed by atoms with Crippen molar-refractivity contribution in [1.82, 2.24) is 15.5 Å². The Morgan fingerprint density at radius 3 is 2.18 bits per heavy atom. The van der Waals surface area contributed by atoms with Gasteiger partial charge in [0.25, 0.3) is 5.91 Å². The number of likely N-dealkylation sites (N-methyl/N-ethyl adjacent to an activating group) is 1. The normalized spacial score (nSPS) is 13.0. The first kappa shape index (κ1) is 22.1. The number of hydrogen-bond donors (Lipinski definition) is 2. The highest BCUT2D eigenvalue weighted by Crippen LogP contribution is 2.19. The van der Waals surface area contributed by atoms with Crippen LogP contribution in [-0.2, 0) is 4.79 Å². The lowest BCUT2D eigenvalue weighted by Gasteiger charge is -2.30. The van der Waals surface area contributed by atoms with Crippen LogP contribution >= 0.6 is 15.9 Å². The first-order valence-corrected chi connectivity index (χ1v) is 10.4. The molecule has 0 spiro atoms. The number of benzene rings is 2. The lowest BCUT2D eigenvalue weighted by molar-refractivity contribution is -0.122. The van der Waals surface area contributed by atoms with E-state index in [1.165, 1.54) is 0 Å². The van der Waals surface area contributed by atoms with E-state index in [4.69, 9.17) is 0 Å². The molecule has 28 heavy (non-hydrogen) atoms. The first-order valence-electron chi connectivity index (χ1n) is 9.59. The molecule has 0 aliphatic rings. The molecule has 150 valence electrons. The van der Waals surface area contributed by atoms with Gasteiger partial charge in [0.2, 0.25) is 5.91 Å². The summed E-state index contributed by atoms with van der Waals surface area (Å²) in [5.74, 6) is -0.461. The Morgan fingerprint density at radius 1 is 1.00 bits per heavy atom. The molecule has 0 aliphatic heterocycles. The molecule has 0 aromatic heterocycles. The molecular weight excluding hydrogens is 418 g/mol. The van der Waals surface area contributed by atoms with Crippen molar-refractivity contribution in [2.75, 3.05) is 19.6 Å². The second-order valence-corrected chi connectivity index (χ2v) is 7.51.